The van der Waals surface area contributed by atoms with Crippen molar-refractivity contribution >= 4 is 50.2 Å². The molecule has 0 aliphatic rings. The van der Waals surface area contributed by atoms with Crippen LogP contribution in [0.15, 0.2) is 70.1 Å². The van der Waals surface area contributed by atoms with Crippen molar-refractivity contribution < 1.29 is 5.11 Å². The number of benzene rings is 1. The van der Waals surface area contributed by atoms with Crippen LogP contribution in [0.25, 0.3) is 20.9 Å². The van der Waals surface area contributed by atoms with Crippen molar-refractivity contribution in [1.82, 2.24) is 4.98 Å². The summed E-state index contributed by atoms with van der Waals surface area (Å²) < 4.78 is 1.07. The molecule has 0 aliphatic carbocycles. The van der Waals surface area contributed by atoms with Gasteiger partial charge in [-0.1, -0.05) is 29.8 Å². The fourth-order valence-corrected chi connectivity index (χ4v) is 5.59. The van der Waals surface area contributed by atoms with Crippen molar-refractivity contribution in [3.8, 4) is 20.9 Å². The van der Waals surface area contributed by atoms with E-state index in [2.05, 4.69) is 32.4 Å². The lowest BCUT2D eigenvalue weighted by Crippen LogP contribution is -2.01. The second-order valence-electron chi connectivity index (χ2n) is 5.69. The summed E-state index contributed by atoms with van der Waals surface area (Å²) in [6.07, 6.45) is 2.67. The second-order valence-corrected chi connectivity index (χ2v) is 9.47. The van der Waals surface area contributed by atoms with Gasteiger partial charge in [-0.25, -0.2) is 0 Å². The van der Waals surface area contributed by atoms with Crippen molar-refractivity contribution in [3.05, 3.63) is 86.2 Å². The Morgan fingerprint density at radius 2 is 1.88 bits per heavy atom. The maximum atomic E-state index is 11.2. The molecule has 1 atom stereocenters. The summed E-state index contributed by atoms with van der Waals surface area (Å²) in [7, 11) is 0. The Kier molecular flexibility index (Phi) is 5.25. The highest BCUT2D eigenvalue weighted by atomic mass is 79.9. The summed E-state index contributed by atoms with van der Waals surface area (Å²) in [6, 6.07) is 15.6. The third-order valence-corrected chi connectivity index (χ3v) is 7.11. The van der Waals surface area contributed by atoms with Crippen LogP contribution < -0.4 is 0 Å². The highest BCUT2D eigenvalue weighted by Crippen LogP contribution is 2.46. The number of aliphatic hydroxyl groups is 1. The number of hydrogen-bond donors (Lipinski definition) is 1. The van der Waals surface area contributed by atoms with E-state index in [4.69, 9.17) is 11.6 Å². The number of thiophene rings is 2. The van der Waals surface area contributed by atoms with E-state index in [1.54, 1.807) is 35.1 Å². The molecule has 3 aromatic heterocycles. The van der Waals surface area contributed by atoms with E-state index >= 15 is 0 Å². The van der Waals surface area contributed by atoms with Crippen LogP contribution >= 0.6 is 50.2 Å². The standard InChI is InChI=1S/C20H13BrClNOS2/c21-17-8-7-16(26-17)20-18(19(24)13-2-1-9-23-10-13)15(11-25-20)12-3-5-14(22)6-4-12/h1-11,19,24H. The van der Waals surface area contributed by atoms with Crippen molar-refractivity contribution in [2.75, 3.05) is 0 Å². The topological polar surface area (TPSA) is 33.1 Å². The first-order chi connectivity index (χ1) is 12.6. The Hall–Kier alpha value is -1.50. The Bertz CT molecular complexity index is 1030. The molecule has 0 bridgehead atoms. The van der Waals surface area contributed by atoms with Gasteiger partial charge in [-0.05, 0) is 62.8 Å². The van der Waals surface area contributed by atoms with E-state index in [1.807, 2.05) is 42.5 Å². The summed E-state index contributed by atoms with van der Waals surface area (Å²) in [5.41, 5.74) is 3.73. The lowest BCUT2D eigenvalue weighted by Gasteiger charge is -2.15. The maximum Gasteiger partial charge on any atom is 0.108 e. The molecule has 4 aromatic rings. The highest BCUT2D eigenvalue weighted by Gasteiger charge is 2.23. The Balaban J connectivity index is 1.90. The number of aliphatic hydroxyl groups excluding tert-OH is 1. The molecule has 0 saturated heterocycles. The highest BCUT2D eigenvalue weighted by molar-refractivity contribution is 9.11. The number of hydrogen-bond acceptors (Lipinski definition) is 4. The van der Waals surface area contributed by atoms with Gasteiger partial charge in [0.05, 0.1) is 8.66 Å². The van der Waals surface area contributed by atoms with Gasteiger partial charge in [0, 0.05) is 33.4 Å². The van der Waals surface area contributed by atoms with Crippen LogP contribution in [0.2, 0.25) is 5.02 Å². The fourth-order valence-electron chi connectivity index (χ4n) is 2.82. The first kappa shape index (κ1) is 17.9. The predicted molar refractivity (Wildman–Crippen MR) is 114 cm³/mol. The van der Waals surface area contributed by atoms with Gasteiger partial charge in [-0.2, -0.15) is 0 Å². The molecule has 4 rings (SSSR count). The van der Waals surface area contributed by atoms with Gasteiger partial charge in [0.2, 0.25) is 0 Å². The number of nitrogens with zero attached hydrogens (tertiary/aromatic N) is 1. The van der Waals surface area contributed by atoms with Gasteiger partial charge in [-0.15, -0.1) is 22.7 Å². The summed E-state index contributed by atoms with van der Waals surface area (Å²) >= 11 is 12.9. The molecule has 0 saturated carbocycles. The molecule has 0 amide bonds. The summed E-state index contributed by atoms with van der Waals surface area (Å²) in [6.45, 7) is 0. The van der Waals surface area contributed by atoms with Gasteiger partial charge in [0.15, 0.2) is 0 Å². The number of rotatable bonds is 4. The molecule has 26 heavy (non-hydrogen) atoms. The number of halogens is 2. The van der Waals surface area contributed by atoms with Crippen LogP contribution in [-0.4, -0.2) is 10.1 Å². The molecule has 3 heterocycles. The molecule has 1 N–H and O–H groups in total. The Labute approximate surface area is 172 Å². The SMILES string of the molecule is OC(c1cccnc1)c1c(-c2ccc(Cl)cc2)csc1-c1ccc(Br)s1. The molecule has 0 fully saturated rings. The average Bonchev–Trinajstić information content (AvgIpc) is 3.28. The van der Waals surface area contributed by atoms with Crippen LogP contribution in [0.4, 0.5) is 0 Å². The first-order valence-corrected chi connectivity index (χ1v) is 10.7. The van der Waals surface area contributed by atoms with E-state index in [0.29, 0.717) is 5.02 Å². The predicted octanol–water partition coefficient (Wildman–Crippen LogP) is 7.04. The second kappa shape index (κ2) is 7.62. The van der Waals surface area contributed by atoms with E-state index in [0.717, 1.165) is 35.8 Å². The van der Waals surface area contributed by atoms with Crippen molar-refractivity contribution in [2.45, 2.75) is 6.10 Å². The van der Waals surface area contributed by atoms with Crippen molar-refractivity contribution in [1.29, 1.82) is 0 Å². The van der Waals surface area contributed by atoms with E-state index in [1.165, 1.54) is 0 Å². The quantitative estimate of drug-likeness (QED) is 0.353. The maximum absolute atomic E-state index is 11.2. The third-order valence-electron chi connectivity index (χ3n) is 4.06. The van der Waals surface area contributed by atoms with Crippen LogP contribution in [-0.2, 0) is 0 Å². The van der Waals surface area contributed by atoms with Crippen LogP contribution in [0, 0.1) is 0 Å². The van der Waals surface area contributed by atoms with E-state index in [-0.39, 0.29) is 0 Å². The zero-order valence-corrected chi connectivity index (χ0v) is 17.4. The van der Waals surface area contributed by atoms with Gasteiger partial charge in [0.25, 0.3) is 0 Å². The Morgan fingerprint density at radius 1 is 1.08 bits per heavy atom. The fraction of sp³-hybridized carbons (Fsp3) is 0.0500. The zero-order valence-electron chi connectivity index (χ0n) is 13.4. The molecule has 1 aromatic carbocycles. The molecule has 6 heteroatoms. The lowest BCUT2D eigenvalue weighted by atomic mass is 9.95. The zero-order chi connectivity index (χ0) is 18.1. The minimum absolute atomic E-state index is 0.695. The molecule has 1 unspecified atom stereocenters. The normalized spacial score (nSPS) is 12.3. The lowest BCUT2D eigenvalue weighted by molar-refractivity contribution is 0.221. The van der Waals surface area contributed by atoms with Crippen LogP contribution in [0.5, 0.6) is 0 Å². The minimum Gasteiger partial charge on any atom is -0.384 e. The number of aromatic nitrogens is 1. The summed E-state index contributed by atoms with van der Waals surface area (Å²) in [5, 5.41) is 14.0. The smallest absolute Gasteiger partial charge is 0.108 e. The molecule has 0 spiro atoms. The average molecular weight is 463 g/mol. The first-order valence-electron chi connectivity index (χ1n) is 7.84. The summed E-state index contributed by atoms with van der Waals surface area (Å²) in [4.78, 5) is 6.35. The third kappa shape index (κ3) is 3.50. The van der Waals surface area contributed by atoms with Gasteiger partial charge >= 0.3 is 0 Å². The summed E-state index contributed by atoms with van der Waals surface area (Å²) in [5.74, 6) is 0. The monoisotopic (exact) mass is 461 g/mol. The van der Waals surface area contributed by atoms with E-state index in [9.17, 15) is 5.11 Å². The van der Waals surface area contributed by atoms with E-state index < -0.39 is 6.10 Å². The molecular formula is C20H13BrClNOS2. The van der Waals surface area contributed by atoms with Gasteiger partial charge in [-0.3, -0.25) is 4.98 Å². The van der Waals surface area contributed by atoms with Gasteiger partial charge in [0.1, 0.15) is 6.10 Å². The largest absolute Gasteiger partial charge is 0.384 e. The van der Waals surface area contributed by atoms with Gasteiger partial charge < -0.3 is 5.11 Å². The molecule has 0 aliphatic heterocycles. The molecule has 130 valence electrons. The minimum atomic E-state index is -0.753. The van der Waals surface area contributed by atoms with Crippen molar-refractivity contribution in [3.63, 3.8) is 0 Å². The molecule has 2 nitrogen and oxygen atoms in total. The Morgan fingerprint density at radius 3 is 2.54 bits per heavy atom. The number of pyridine rings is 1. The van der Waals surface area contributed by atoms with Crippen LogP contribution in [0.3, 0.4) is 0 Å². The van der Waals surface area contributed by atoms with Crippen molar-refractivity contribution in [2.24, 2.45) is 0 Å². The molecular weight excluding hydrogens is 450 g/mol. The molecule has 0 radical (unpaired) electrons. The van der Waals surface area contributed by atoms with Crippen LogP contribution in [0.1, 0.15) is 17.2 Å².